The number of amides is 1. The first-order valence-corrected chi connectivity index (χ1v) is 8.59. The topological polar surface area (TPSA) is 75.5 Å². The van der Waals surface area contributed by atoms with Crippen LogP contribution in [-0.2, 0) is 11.3 Å². The molecule has 0 atom stereocenters. The quantitative estimate of drug-likeness (QED) is 0.599. The van der Waals surface area contributed by atoms with Gasteiger partial charge in [0.1, 0.15) is 0 Å². The minimum atomic E-state index is -0.397. The molecule has 138 valence electrons. The van der Waals surface area contributed by atoms with Gasteiger partial charge in [0.2, 0.25) is 5.91 Å². The Labute approximate surface area is 154 Å². The van der Waals surface area contributed by atoms with Crippen molar-refractivity contribution >= 4 is 17.3 Å². The Hall–Kier alpha value is -2.73. The smallest absolute Gasteiger partial charge is 0.273 e. The number of hydrogen-bond acceptors (Lipinski definition) is 4. The van der Waals surface area contributed by atoms with Crippen molar-refractivity contribution in [2.75, 3.05) is 18.9 Å². The number of rotatable bonds is 7. The second-order valence-corrected chi connectivity index (χ2v) is 6.80. The molecular formula is C20H25N3O3. The highest BCUT2D eigenvalue weighted by molar-refractivity contribution is 5.93. The predicted molar refractivity (Wildman–Crippen MR) is 103 cm³/mol. The Morgan fingerprint density at radius 3 is 2.54 bits per heavy atom. The SMILES string of the molecule is Cc1cccc(C(C)C)c1NC(=O)CN(C)Cc1ccccc1[N+](=O)[O-]. The molecule has 26 heavy (non-hydrogen) atoms. The van der Waals surface area contributed by atoms with Crippen LogP contribution in [0.15, 0.2) is 42.5 Å². The summed E-state index contributed by atoms with van der Waals surface area (Å²) in [7, 11) is 1.78. The normalized spacial score (nSPS) is 11.0. The average Bonchev–Trinajstić information content (AvgIpc) is 2.56. The van der Waals surface area contributed by atoms with E-state index in [1.807, 2.05) is 25.1 Å². The first-order chi connectivity index (χ1) is 12.3. The third-order valence-corrected chi connectivity index (χ3v) is 4.23. The van der Waals surface area contributed by atoms with E-state index < -0.39 is 4.92 Å². The molecule has 0 aliphatic heterocycles. The van der Waals surface area contributed by atoms with Crippen molar-refractivity contribution in [3.63, 3.8) is 0 Å². The summed E-state index contributed by atoms with van der Waals surface area (Å²) in [5.74, 6) is 0.164. The summed E-state index contributed by atoms with van der Waals surface area (Å²) in [6.07, 6.45) is 0. The van der Waals surface area contributed by atoms with Crippen molar-refractivity contribution < 1.29 is 9.72 Å². The van der Waals surface area contributed by atoms with Crippen molar-refractivity contribution in [1.29, 1.82) is 0 Å². The number of nitro benzene ring substituents is 1. The zero-order valence-electron chi connectivity index (χ0n) is 15.7. The lowest BCUT2D eigenvalue weighted by molar-refractivity contribution is -0.385. The molecule has 1 amide bonds. The monoisotopic (exact) mass is 355 g/mol. The van der Waals surface area contributed by atoms with E-state index in [1.165, 1.54) is 6.07 Å². The van der Waals surface area contributed by atoms with Gasteiger partial charge in [0.15, 0.2) is 0 Å². The number of para-hydroxylation sites is 2. The van der Waals surface area contributed by atoms with Gasteiger partial charge in [-0.25, -0.2) is 0 Å². The summed E-state index contributed by atoms with van der Waals surface area (Å²) < 4.78 is 0. The van der Waals surface area contributed by atoms with E-state index in [1.54, 1.807) is 30.1 Å². The van der Waals surface area contributed by atoms with Gasteiger partial charge in [0, 0.05) is 23.9 Å². The number of nitrogens with zero attached hydrogens (tertiary/aromatic N) is 2. The highest BCUT2D eigenvalue weighted by Gasteiger charge is 2.17. The van der Waals surface area contributed by atoms with Gasteiger partial charge in [0.05, 0.1) is 11.5 Å². The second kappa shape index (κ2) is 8.58. The van der Waals surface area contributed by atoms with Gasteiger partial charge in [0.25, 0.3) is 5.69 Å². The molecule has 0 spiro atoms. The maximum absolute atomic E-state index is 12.5. The number of anilines is 1. The molecule has 6 heteroatoms. The molecule has 0 unspecified atom stereocenters. The minimum absolute atomic E-state index is 0.0701. The first kappa shape index (κ1) is 19.6. The van der Waals surface area contributed by atoms with Crippen LogP contribution in [0.3, 0.4) is 0 Å². The molecule has 0 saturated carbocycles. The number of aryl methyl sites for hydroxylation is 1. The Morgan fingerprint density at radius 2 is 1.88 bits per heavy atom. The molecule has 2 aromatic rings. The fraction of sp³-hybridized carbons (Fsp3) is 0.350. The molecule has 6 nitrogen and oxygen atoms in total. The number of benzene rings is 2. The zero-order valence-corrected chi connectivity index (χ0v) is 15.7. The fourth-order valence-corrected chi connectivity index (χ4v) is 2.94. The fourth-order valence-electron chi connectivity index (χ4n) is 2.94. The lowest BCUT2D eigenvalue weighted by atomic mass is 9.98. The number of hydrogen-bond donors (Lipinski definition) is 1. The number of carbonyl (C=O) groups is 1. The Kier molecular flexibility index (Phi) is 6.46. The number of nitrogens with one attached hydrogen (secondary N) is 1. The largest absolute Gasteiger partial charge is 0.324 e. The maximum Gasteiger partial charge on any atom is 0.273 e. The molecule has 2 aromatic carbocycles. The van der Waals surface area contributed by atoms with E-state index in [2.05, 4.69) is 19.2 Å². The van der Waals surface area contributed by atoms with Crippen LogP contribution >= 0.6 is 0 Å². The average molecular weight is 355 g/mol. The summed E-state index contributed by atoms with van der Waals surface area (Å²) >= 11 is 0. The van der Waals surface area contributed by atoms with Crippen molar-refractivity contribution in [2.24, 2.45) is 0 Å². The molecular weight excluding hydrogens is 330 g/mol. The van der Waals surface area contributed by atoms with Crippen LogP contribution in [0.4, 0.5) is 11.4 Å². The number of nitro groups is 1. The summed E-state index contributed by atoms with van der Waals surface area (Å²) in [6.45, 7) is 6.63. The third-order valence-electron chi connectivity index (χ3n) is 4.23. The van der Waals surface area contributed by atoms with Crippen LogP contribution in [0.5, 0.6) is 0 Å². The summed E-state index contributed by atoms with van der Waals surface area (Å²) in [4.78, 5) is 25.0. The Bertz CT molecular complexity index is 803. The van der Waals surface area contributed by atoms with Gasteiger partial charge < -0.3 is 5.32 Å². The van der Waals surface area contributed by atoms with Gasteiger partial charge in [-0.15, -0.1) is 0 Å². The predicted octanol–water partition coefficient (Wildman–Crippen LogP) is 4.10. The molecule has 0 aliphatic carbocycles. The summed E-state index contributed by atoms with van der Waals surface area (Å²) in [6, 6.07) is 12.6. The molecule has 0 fully saturated rings. The molecule has 0 saturated heterocycles. The lowest BCUT2D eigenvalue weighted by Crippen LogP contribution is -2.30. The molecule has 0 aliphatic rings. The van der Waals surface area contributed by atoms with E-state index in [0.29, 0.717) is 18.0 Å². The molecule has 0 radical (unpaired) electrons. The molecule has 0 heterocycles. The van der Waals surface area contributed by atoms with E-state index in [0.717, 1.165) is 16.8 Å². The zero-order chi connectivity index (χ0) is 19.3. The summed E-state index contributed by atoms with van der Waals surface area (Å²) in [5.41, 5.74) is 3.63. The van der Waals surface area contributed by atoms with E-state index in [4.69, 9.17) is 0 Å². The van der Waals surface area contributed by atoms with Gasteiger partial charge in [-0.2, -0.15) is 0 Å². The molecule has 0 bridgehead atoms. The van der Waals surface area contributed by atoms with Crippen molar-refractivity contribution in [3.8, 4) is 0 Å². The van der Waals surface area contributed by atoms with Gasteiger partial charge >= 0.3 is 0 Å². The Morgan fingerprint density at radius 1 is 1.19 bits per heavy atom. The van der Waals surface area contributed by atoms with Crippen molar-refractivity contribution in [2.45, 2.75) is 33.2 Å². The van der Waals surface area contributed by atoms with Crippen LogP contribution in [0.2, 0.25) is 0 Å². The standard InChI is InChI=1S/C20H25N3O3/c1-14(2)17-10-7-8-15(3)20(17)21-19(24)13-22(4)12-16-9-5-6-11-18(16)23(25)26/h5-11,14H,12-13H2,1-4H3,(H,21,24). The molecule has 1 N–H and O–H groups in total. The van der Waals surface area contributed by atoms with Gasteiger partial charge in [-0.3, -0.25) is 19.8 Å². The van der Waals surface area contributed by atoms with Gasteiger partial charge in [-0.05, 0) is 31.0 Å². The molecule has 0 aromatic heterocycles. The Balaban J connectivity index is 2.06. The van der Waals surface area contributed by atoms with Crippen LogP contribution in [0, 0.1) is 17.0 Å². The van der Waals surface area contributed by atoms with Crippen LogP contribution in [0.25, 0.3) is 0 Å². The number of likely N-dealkylation sites (N-methyl/N-ethyl adjacent to an activating group) is 1. The lowest BCUT2D eigenvalue weighted by Gasteiger charge is -2.19. The van der Waals surface area contributed by atoms with Crippen LogP contribution in [0.1, 0.15) is 36.5 Å². The van der Waals surface area contributed by atoms with Crippen molar-refractivity contribution in [3.05, 3.63) is 69.3 Å². The third kappa shape index (κ3) is 4.89. The maximum atomic E-state index is 12.5. The van der Waals surface area contributed by atoms with E-state index >= 15 is 0 Å². The highest BCUT2D eigenvalue weighted by Crippen LogP contribution is 2.27. The minimum Gasteiger partial charge on any atom is -0.324 e. The molecule has 2 rings (SSSR count). The van der Waals surface area contributed by atoms with Crippen LogP contribution in [-0.4, -0.2) is 29.3 Å². The van der Waals surface area contributed by atoms with Gasteiger partial charge in [-0.1, -0.05) is 50.2 Å². The van der Waals surface area contributed by atoms with Crippen LogP contribution < -0.4 is 5.32 Å². The van der Waals surface area contributed by atoms with Crippen molar-refractivity contribution in [1.82, 2.24) is 4.90 Å². The van der Waals surface area contributed by atoms with E-state index in [-0.39, 0.29) is 18.1 Å². The van der Waals surface area contributed by atoms with E-state index in [9.17, 15) is 14.9 Å². The highest BCUT2D eigenvalue weighted by atomic mass is 16.6. The second-order valence-electron chi connectivity index (χ2n) is 6.80. The first-order valence-electron chi connectivity index (χ1n) is 8.59. The number of carbonyl (C=O) groups excluding carboxylic acids is 1. The summed E-state index contributed by atoms with van der Waals surface area (Å²) in [5, 5.41) is 14.1.